The summed E-state index contributed by atoms with van der Waals surface area (Å²) < 4.78 is 11.7. The molecule has 0 bridgehead atoms. The van der Waals surface area contributed by atoms with Crippen molar-refractivity contribution in [2.24, 2.45) is 17.3 Å². The van der Waals surface area contributed by atoms with Crippen molar-refractivity contribution in [1.82, 2.24) is 15.4 Å². The minimum Gasteiger partial charge on any atom is -0.493 e. The van der Waals surface area contributed by atoms with E-state index in [1.807, 2.05) is 14.1 Å². The maximum atomic E-state index is 9.67. The predicted octanol–water partition coefficient (Wildman–Crippen LogP) is 6.33. The molecule has 6 nitrogen and oxygen atoms in total. The number of nitriles is 1. The molecule has 0 unspecified atom stereocenters. The molecular weight excluding hydrogens is 495 g/mol. The number of ether oxygens (including phenoxy) is 1. The van der Waals surface area contributed by atoms with Crippen LogP contribution in [0.2, 0.25) is 0 Å². The molecule has 1 N–H and O–H groups in total. The molecule has 3 fully saturated rings. The van der Waals surface area contributed by atoms with Crippen molar-refractivity contribution in [3.8, 4) is 11.8 Å². The SMILES string of the molecule is CNC.Cc1c(OCC2CC2)ccc2c(CCC3CCN(CC4(C#N)CCCC4)CC3)noc12.Cl.Cl. The van der Waals surface area contributed by atoms with Gasteiger partial charge < -0.3 is 19.5 Å². The molecule has 1 aromatic heterocycles. The first-order valence-corrected chi connectivity index (χ1v) is 13.3. The highest BCUT2D eigenvalue weighted by Gasteiger charge is 2.36. The van der Waals surface area contributed by atoms with E-state index in [9.17, 15) is 5.26 Å². The van der Waals surface area contributed by atoms with Crippen LogP contribution in [0.15, 0.2) is 16.7 Å². The van der Waals surface area contributed by atoms with Crippen LogP contribution in [0.25, 0.3) is 11.0 Å². The molecule has 0 radical (unpaired) electrons. The minimum absolute atomic E-state index is 0. The van der Waals surface area contributed by atoms with Crippen LogP contribution in [0.1, 0.15) is 69.0 Å². The number of hydrogen-bond donors (Lipinski definition) is 1. The van der Waals surface area contributed by atoms with E-state index in [1.54, 1.807) is 0 Å². The highest BCUT2D eigenvalue weighted by molar-refractivity contribution is 5.86. The topological polar surface area (TPSA) is 74.3 Å². The molecule has 36 heavy (non-hydrogen) atoms. The van der Waals surface area contributed by atoms with Gasteiger partial charge in [0.05, 0.1) is 23.8 Å². The van der Waals surface area contributed by atoms with Crippen molar-refractivity contribution in [3.63, 3.8) is 0 Å². The quantitative estimate of drug-likeness (QED) is 0.423. The zero-order valence-corrected chi connectivity index (χ0v) is 23.8. The van der Waals surface area contributed by atoms with Gasteiger partial charge in [-0.15, -0.1) is 24.8 Å². The third-order valence-electron chi connectivity index (χ3n) is 7.91. The monoisotopic (exact) mass is 538 g/mol. The van der Waals surface area contributed by atoms with Crippen LogP contribution in [-0.4, -0.2) is 50.4 Å². The number of hydrogen-bond acceptors (Lipinski definition) is 6. The maximum absolute atomic E-state index is 9.67. The Balaban J connectivity index is 0.000000871. The number of likely N-dealkylation sites (tertiary alicyclic amines) is 1. The number of piperidine rings is 1. The number of aryl methyl sites for hydroxylation is 2. The van der Waals surface area contributed by atoms with Crippen molar-refractivity contribution >= 4 is 35.8 Å². The number of benzene rings is 1. The van der Waals surface area contributed by atoms with Gasteiger partial charge in [-0.2, -0.15) is 5.26 Å². The van der Waals surface area contributed by atoms with E-state index in [0.29, 0.717) is 0 Å². The fraction of sp³-hybridized carbons (Fsp3) is 0.714. The van der Waals surface area contributed by atoms with Crippen molar-refractivity contribution in [3.05, 3.63) is 23.4 Å². The van der Waals surface area contributed by atoms with Crippen LogP contribution in [0.3, 0.4) is 0 Å². The molecule has 2 aliphatic carbocycles. The molecule has 1 saturated heterocycles. The predicted molar refractivity (Wildman–Crippen MR) is 150 cm³/mol. The first kappa shape index (κ1) is 30.7. The van der Waals surface area contributed by atoms with Crippen LogP contribution >= 0.6 is 24.8 Å². The summed E-state index contributed by atoms with van der Waals surface area (Å²) in [4.78, 5) is 2.54. The molecule has 1 aromatic carbocycles. The lowest BCUT2D eigenvalue weighted by molar-refractivity contribution is 0.135. The largest absolute Gasteiger partial charge is 0.493 e. The van der Waals surface area contributed by atoms with Gasteiger partial charge in [0, 0.05) is 17.5 Å². The van der Waals surface area contributed by atoms with Crippen LogP contribution in [0.5, 0.6) is 5.75 Å². The number of nitrogens with one attached hydrogen (secondary N) is 1. The average Bonchev–Trinajstić information content (AvgIpc) is 3.40. The maximum Gasteiger partial charge on any atom is 0.173 e. The molecule has 0 spiro atoms. The van der Waals surface area contributed by atoms with E-state index in [4.69, 9.17) is 9.26 Å². The first-order chi connectivity index (χ1) is 16.6. The van der Waals surface area contributed by atoms with Gasteiger partial charge in [0.2, 0.25) is 0 Å². The summed E-state index contributed by atoms with van der Waals surface area (Å²) >= 11 is 0. The van der Waals surface area contributed by atoms with Gasteiger partial charge in [-0.1, -0.05) is 18.0 Å². The second-order valence-corrected chi connectivity index (χ2v) is 10.8. The molecule has 2 saturated carbocycles. The van der Waals surface area contributed by atoms with E-state index in [2.05, 4.69) is 40.5 Å². The standard InChI is InChI=1S/C26H35N3O2.C2H7N.2ClH/c1-19-24(30-16-21-4-5-21)9-7-22-23(28-31-25(19)22)8-6-20-10-14-29(15-11-20)18-26(17-27)12-2-3-13-26;1-3-2;;/h7,9,20-21H,2-6,8,10-16,18H2,1H3;3H,1-2H3;2*1H. The number of nitrogens with zero attached hydrogens (tertiary/aromatic N) is 3. The summed E-state index contributed by atoms with van der Waals surface area (Å²) in [5.74, 6) is 2.43. The van der Waals surface area contributed by atoms with Gasteiger partial charge >= 0.3 is 0 Å². The van der Waals surface area contributed by atoms with Crippen molar-refractivity contribution in [2.45, 2.75) is 71.1 Å². The molecule has 8 heteroatoms. The summed E-state index contributed by atoms with van der Waals surface area (Å²) in [6.45, 7) is 6.15. The van der Waals surface area contributed by atoms with Gasteiger partial charge in [-0.3, -0.25) is 0 Å². The van der Waals surface area contributed by atoms with E-state index < -0.39 is 0 Å². The van der Waals surface area contributed by atoms with Gasteiger partial charge in [0.1, 0.15) is 5.75 Å². The molecule has 0 atom stereocenters. The molecule has 202 valence electrons. The average molecular weight is 540 g/mol. The fourth-order valence-electron chi connectivity index (χ4n) is 5.56. The number of halogens is 2. The molecule has 1 aliphatic heterocycles. The van der Waals surface area contributed by atoms with Gasteiger partial charge in [-0.25, -0.2) is 0 Å². The molecule has 3 aliphatic rings. The van der Waals surface area contributed by atoms with Gasteiger partial charge in [0.15, 0.2) is 5.58 Å². The van der Waals surface area contributed by atoms with Gasteiger partial charge in [0.25, 0.3) is 0 Å². The third-order valence-corrected chi connectivity index (χ3v) is 7.91. The molecule has 5 rings (SSSR count). The summed E-state index contributed by atoms with van der Waals surface area (Å²) in [5.41, 5.74) is 2.98. The van der Waals surface area contributed by atoms with Crippen LogP contribution in [0, 0.1) is 35.5 Å². The smallest absolute Gasteiger partial charge is 0.173 e. The Morgan fingerprint density at radius 3 is 2.39 bits per heavy atom. The second kappa shape index (κ2) is 14.4. The van der Waals surface area contributed by atoms with Gasteiger partial charge in [-0.05, 0) is 109 Å². The second-order valence-electron chi connectivity index (χ2n) is 10.8. The molecule has 2 heterocycles. The summed E-state index contributed by atoms with van der Waals surface area (Å²) in [5, 5.41) is 18.0. The van der Waals surface area contributed by atoms with E-state index in [-0.39, 0.29) is 30.2 Å². The molecular formula is C28H44Cl2N4O2. The van der Waals surface area contributed by atoms with E-state index in [1.165, 1.54) is 38.5 Å². The normalized spacial score (nSPS) is 19.5. The van der Waals surface area contributed by atoms with E-state index >= 15 is 0 Å². The van der Waals surface area contributed by atoms with E-state index in [0.717, 1.165) is 91.7 Å². The Morgan fingerprint density at radius 1 is 1.11 bits per heavy atom. The van der Waals surface area contributed by atoms with Crippen LogP contribution in [0.4, 0.5) is 0 Å². The molecule has 0 amide bonds. The zero-order valence-electron chi connectivity index (χ0n) is 22.2. The Morgan fingerprint density at radius 2 is 1.78 bits per heavy atom. The van der Waals surface area contributed by atoms with Crippen molar-refractivity contribution in [2.75, 3.05) is 40.3 Å². The number of fused-ring (bicyclic) bond motifs is 1. The highest BCUT2D eigenvalue weighted by atomic mass is 35.5. The summed E-state index contributed by atoms with van der Waals surface area (Å²) in [7, 11) is 3.75. The number of aromatic nitrogens is 1. The van der Waals surface area contributed by atoms with Crippen molar-refractivity contribution in [1.29, 1.82) is 5.26 Å². The molecule has 2 aromatic rings. The summed E-state index contributed by atoms with van der Waals surface area (Å²) in [6, 6.07) is 6.87. The Bertz CT molecular complexity index is 972. The Hall–Kier alpha value is -1.52. The first-order valence-electron chi connectivity index (χ1n) is 13.3. The lowest BCUT2D eigenvalue weighted by Gasteiger charge is -2.36. The minimum atomic E-state index is -0.0639. The zero-order chi connectivity index (χ0) is 24.0. The lowest BCUT2D eigenvalue weighted by Crippen LogP contribution is -2.40. The van der Waals surface area contributed by atoms with Crippen LogP contribution in [-0.2, 0) is 6.42 Å². The van der Waals surface area contributed by atoms with Crippen LogP contribution < -0.4 is 10.1 Å². The fourth-order valence-corrected chi connectivity index (χ4v) is 5.56. The highest BCUT2D eigenvalue weighted by Crippen LogP contribution is 2.39. The van der Waals surface area contributed by atoms with Crippen molar-refractivity contribution < 1.29 is 9.26 Å². The Labute approximate surface area is 229 Å². The summed E-state index contributed by atoms with van der Waals surface area (Å²) in [6.07, 6.45) is 11.8. The third kappa shape index (κ3) is 7.74. The Kier molecular flexibility index (Phi) is 12.3. The lowest BCUT2D eigenvalue weighted by atomic mass is 9.85. The number of rotatable bonds is 8.